The number of benzene rings is 1. The Kier molecular flexibility index (Phi) is 3.99. The van der Waals surface area contributed by atoms with E-state index < -0.39 is 11.5 Å². The summed E-state index contributed by atoms with van der Waals surface area (Å²) in [6.07, 6.45) is 0. The van der Waals surface area contributed by atoms with Gasteiger partial charge in [-0.15, -0.1) is 0 Å². The molecule has 0 atom stereocenters. The van der Waals surface area contributed by atoms with E-state index in [4.69, 9.17) is 11.6 Å². The SMILES string of the molecule is COC(=O)c1c(NC(C)C)c2cccc(Cl)c2[nH]c1=O. The van der Waals surface area contributed by atoms with E-state index in [9.17, 15) is 9.59 Å². The number of fused-ring (bicyclic) bond motifs is 1. The zero-order chi connectivity index (χ0) is 14.9. The molecule has 1 aromatic carbocycles. The highest BCUT2D eigenvalue weighted by atomic mass is 35.5. The van der Waals surface area contributed by atoms with Gasteiger partial charge in [0.25, 0.3) is 5.56 Å². The highest BCUT2D eigenvalue weighted by molar-refractivity contribution is 6.35. The predicted octanol–water partition coefficient (Wildman–Crippen LogP) is 2.79. The van der Waals surface area contributed by atoms with Gasteiger partial charge in [-0.25, -0.2) is 4.79 Å². The lowest BCUT2D eigenvalue weighted by molar-refractivity contribution is 0.0600. The average molecular weight is 295 g/mol. The highest BCUT2D eigenvalue weighted by Crippen LogP contribution is 2.29. The van der Waals surface area contributed by atoms with Gasteiger partial charge in [-0.1, -0.05) is 23.7 Å². The second kappa shape index (κ2) is 5.54. The lowest BCUT2D eigenvalue weighted by Crippen LogP contribution is -2.24. The summed E-state index contributed by atoms with van der Waals surface area (Å²) in [7, 11) is 1.24. The first-order valence-corrected chi connectivity index (χ1v) is 6.52. The minimum atomic E-state index is -0.684. The fourth-order valence-corrected chi connectivity index (χ4v) is 2.24. The minimum absolute atomic E-state index is 0.0439. The van der Waals surface area contributed by atoms with E-state index in [2.05, 4.69) is 15.0 Å². The normalized spacial score (nSPS) is 10.8. The van der Waals surface area contributed by atoms with Crippen LogP contribution in [0.4, 0.5) is 5.69 Å². The van der Waals surface area contributed by atoms with Crippen molar-refractivity contribution in [3.63, 3.8) is 0 Å². The van der Waals surface area contributed by atoms with Gasteiger partial charge in [0.15, 0.2) is 0 Å². The number of nitrogens with one attached hydrogen (secondary N) is 2. The monoisotopic (exact) mass is 294 g/mol. The highest BCUT2D eigenvalue weighted by Gasteiger charge is 2.21. The Labute approximate surface area is 120 Å². The fourth-order valence-electron chi connectivity index (χ4n) is 2.02. The van der Waals surface area contributed by atoms with Gasteiger partial charge in [0.05, 0.1) is 23.3 Å². The number of esters is 1. The van der Waals surface area contributed by atoms with Crippen molar-refractivity contribution in [2.75, 3.05) is 12.4 Å². The van der Waals surface area contributed by atoms with Crippen molar-refractivity contribution in [2.45, 2.75) is 19.9 Å². The Bertz CT molecular complexity index is 722. The Morgan fingerprint density at radius 1 is 1.40 bits per heavy atom. The topological polar surface area (TPSA) is 71.2 Å². The summed E-state index contributed by atoms with van der Waals surface area (Å²) in [5.41, 5.74) is 0.361. The van der Waals surface area contributed by atoms with Crippen LogP contribution in [-0.4, -0.2) is 24.1 Å². The van der Waals surface area contributed by atoms with Crippen molar-refractivity contribution in [3.8, 4) is 0 Å². The maximum Gasteiger partial charge on any atom is 0.345 e. The summed E-state index contributed by atoms with van der Waals surface area (Å²) < 4.78 is 4.69. The minimum Gasteiger partial charge on any atom is -0.465 e. The molecule has 2 N–H and O–H groups in total. The molecule has 5 nitrogen and oxygen atoms in total. The summed E-state index contributed by atoms with van der Waals surface area (Å²) >= 11 is 6.09. The number of hydrogen-bond acceptors (Lipinski definition) is 4. The van der Waals surface area contributed by atoms with Crippen molar-refractivity contribution in [1.29, 1.82) is 0 Å². The second-order valence-corrected chi connectivity index (χ2v) is 5.06. The number of aromatic nitrogens is 1. The van der Waals surface area contributed by atoms with Gasteiger partial charge in [-0.05, 0) is 19.9 Å². The van der Waals surface area contributed by atoms with E-state index in [1.165, 1.54) is 7.11 Å². The Morgan fingerprint density at radius 2 is 2.10 bits per heavy atom. The standard InChI is InChI=1S/C14H15ClN2O3/c1-7(2)16-12-8-5-4-6-9(15)11(8)17-13(18)10(12)14(19)20-3/h4-7H,1-3H3,(H2,16,17,18). The van der Waals surface area contributed by atoms with Crippen LogP contribution >= 0.6 is 11.6 Å². The van der Waals surface area contributed by atoms with Crippen LogP contribution in [0.1, 0.15) is 24.2 Å². The van der Waals surface area contributed by atoms with E-state index >= 15 is 0 Å². The van der Waals surface area contributed by atoms with Crippen LogP contribution in [0.25, 0.3) is 10.9 Å². The number of aromatic amines is 1. The van der Waals surface area contributed by atoms with Crippen molar-refractivity contribution in [1.82, 2.24) is 4.98 Å². The quantitative estimate of drug-likeness (QED) is 0.854. The molecule has 0 saturated heterocycles. The van der Waals surface area contributed by atoms with Gasteiger partial charge in [0.1, 0.15) is 5.56 Å². The Hall–Kier alpha value is -2.01. The number of halogens is 1. The van der Waals surface area contributed by atoms with Crippen LogP contribution in [0, 0.1) is 0 Å². The van der Waals surface area contributed by atoms with E-state index in [-0.39, 0.29) is 11.6 Å². The number of H-pyrrole nitrogens is 1. The molecule has 2 rings (SSSR count). The van der Waals surface area contributed by atoms with Gasteiger partial charge >= 0.3 is 5.97 Å². The first kappa shape index (κ1) is 14.4. The molecule has 2 aromatic rings. The third-order valence-electron chi connectivity index (χ3n) is 2.82. The van der Waals surface area contributed by atoms with Crippen LogP contribution in [0.5, 0.6) is 0 Å². The smallest absolute Gasteiger partial charge is 0.345 e. The molecule has 20 heavy (non-hydrogen) atoms. The molecule has 0 aliphatic carbocycles. The summed E-state index contributed by atoms with van der Waals surface area (Å²) in [4.78, 5) is 26.6. The maximum atomic E-state index is 12.1. The van der Waals surface area contributed by atoms with Gasteiger partial charge < -0.3 is 15.0 Å². The number of carbonyl (C=O) groups excluding carboxylic acids is 1. The third-order valence-corrected chi connectivity index (χ3v) is 3.14. The number of para-hydroxylation sites is 1. The first-order valence-electron chi connectivity index (χ1n) is 6.15. The van der Waals surface area contributed by atoms with Crippen molar-refractivity contribution in [3.05, 3.63) is 39.1 Å². The van der Waals surface area contributed by atoms with Gasteiger partial charge in [0.2, 0.25) is 0 Å². The summed E-state index contributed by atoms with van der Waals surface area (Å²) in [5, 5.41) is 4.21. The largest absolute Gasteiger partial charge is 0.465 e. The molecule has 0 spiro atoms. The molecule has 0 aliphatic rings. The first-order chi connectivity index (χ1) is 9.45. The van der Waals surface area contributed by atoms with Crippen LogP contribution < -0.4 is 10.9 Å². The zero-order valence-electron chi connectivity index (χ0n) is 11.4. The van der Waals surface area contributed by atoms with Crippen LogP contribution in [0.2, 0.25) is 5.02 Å². The molecular formula is C14H15ClN2O3. The molecule has 0 unspecified atom stereocenters. The molecule has 1 heterocycles. The number of pyridine rings is 1. The average Bonchev–Trinajstić information content (AvgIpc) is 2.39. The molecular weight excluding hydrogens is 280 g/mol. The van der Waals surface area contributed by atoms with Crippen molar-refractivity contribution >= 4 is 34.2 Å². The predicted molar refractivity (Wildman–Crippen MR) is 79.7 cm³/mol. The summed E-state index contributed by atoms with van der Waals surface area (Å²) in [6, 6.07) is 5.27. The molecule has 0 bridgehead atoms. The maximum absolute atomic E-state index is 12.1. The number of hydrogen-bond donors (Lipinski definition) is 2. The van der Waals surface area contributed by atoms with Crippen molar-refractivity contribution < 1.29 is 9.53 Å². The van der Waals surface area contributed by atoms with Gasteiger partial charge in [-0.2, -0.15) is 0 Å². The number of carbonyl (C=O) groups is 1. The molecule has 0 fully saturated rings. The van der Waals surface area contributed by atoms with E-state index in [1.54, 1.807) is 18.2 Å². The zero-order valence-corrected chi connectivity index (χ0v) is 12.2. The number of methoxy groups -OCH3 is 1. The Balaban J connectivity index is 2.87. The molecule has 0 amide bonds. The van der Waals surface area contributed by atoms with Crippen molar-refractivity contribution in [2.24, 2.45) is 0 Å². The molecule has 106 valence electrons. The Morgan fingerprint density at radius 3 is 2.70 bits per heavy atom. The molecule has 0 aliphatic heterocycles. The van der Waals surface area contributed by atoms with Crippen LogP contribution in [0.3, 0.4) is 0 Å². The number of rotatable bonds is 3. The fraction of sp³-hybridized carbons (Fsp3) is 0.286. The number of ether oxygens (including phenoxy) is 1. The third kappa shape index (κ3) is 2.49. The number of anilines is 1. The van der Waals surface area contributed by atoms with E-state index in [1.807, 2.05) is 13.8 Å². The van der Waals surface area contributed by atoms with E-state index in [0.717, 1.165) is 0 Å². The molecule has 0 radical (unpaired) electrons. The lowest BCUT2D eigenvalue weighted by Gasteiger charge is -2.16. The molecule has 0 saturated carbocycles. The summed E-state index contributed by atoms with van der Waals surface area (Å²) in [6.45, 7) is 3.83. The lowest BCUT2D eigenvalue weighted by atomic mass is 10.1. The van der Waals surface area contributed by atoms with E-state index in [0.29, 0.717) is 21.6 Å². The van der Waals surface area contributed by atoms with Gasteiger partial charge in [0, 0.05) is 11.4 Å². The van der Waals surface area contributed by atoms with Gasteiger partial charge in [-0.3, -0.25) is 4.79 Å². The molecule has 6 heteroatoms. The van der Waals surface area contributed by atoms with Crippen LogP contribution in [0.15, 0.2) is 23.0 Å². The summed E-state index contributed by atoms with van der Waals surface area (Å²) in [5.74, 6) is -0.684. The molecule has 1 aromatic heterocycles. The second-order valence-electron chi connectivity index (χ2n) is 4.66. The van der Waals surface area contributed by atoms with Crippen LogP contribution in [-0.2, 0) is 4.74 Å².